The van der Waals surface area contributed by atoms with Crippen LogP contribution in [-0.2, 0) is 13.1 Å². The standard InChI is InChI=1S/C22H26N4O/c1-25(15-18-9-4-2-5-10-18)20-13-8-14-26(16-20)17-21-23-22(24-27-21)19-11-6-3-7-12-19/h2-7,9-12,20H,8,13-17H2,1H3. The summed E-state index contributed by atoms with van der Waals surface area (Å²) >= 11 is 0. The van der Waals surface area contributed by atoms with Crippen LogP contribution in [0, 0.1) is 0 Å². The van der Waals surface area contributed by atoms with Gasteiger partial charge < -0.3 is 4.52 Å². The van der Waals surface area contributed by atoms with Crippen molar-refractivity contribution in [2.75, 3.05) is 20.1 Å². The lowest BCUT2D eigenvalue weighted by molar-refractivity contribution is 0.0989. The van der Waals surface area contributed by atoms with E-state index in [0.717, 1.165) is 31.7 Å². The highest BCUT2D eigenvalue weighted by atomic mass is 16.5. The number of benzene rings is 2. The van der Waals surface area contributed by atoms with Gasteiger partial charge in [0.2, 0.25) is 11.7 Å². The van der Waals surface area contributed by atoms with Gasteiger partial charge in [0.05, 0.1) is 6.54 Å². The number of likely N-dealkylation sites (tertiary alicyclic amines) is 1. The number of rotatable bonds is 6. The van der Waals surface area contributed by atoms with E-state index >= 15 is 0 Å². The summed E-state index contributed by atoms with van der Waals surface area (Å²) in [7, 11) is 2.22. The van der Waals surface area contributed by atoms with Crippen molar-refractivity contribution in [2.24, 2.45) is 0 Å². The van der Waals surface area contributed by atoms with Crippen LogP contribution in [-0.4, -0.2) is 46.1 Å². The first-order valence-electron chi connectivity index (χ1n) is 9.62. The summed E-state index contributed by atoms with van der Waals surface area (Å²) in [5, 5.41) is 4.14. The molecule has 5 heteroatoms. The Balaban J connectivity index is 1.35. The normalized spacial score (nSPS) is 18.1. The maximum Gasteiger partial charge on any atom is 0.241 e. The van der Waals surface area contributed by atoms with E-state index in [1.54, 1.807) is 0 Å². The van der Waals surface area contributed by atoms with Gasteiger partial charge in [-0.05, 0) is 32.0 Å². The third-order valence-electron chi connectivity index (χ3n) is 5.24. The number of hydrogen-bond donors (Lipinski definition) is 0. The van der Waals surface area contributed by atoms with E-state index in [1.807, 2.05) is 30.3 Å². The molecule has 0 N–H and O–H groups in total. The van der Waals surface area contributed by atoms with Crippen LogP contribution in [0.15, 0.2) is 65.2 Å². The maximum atomic E-state index is 5.50. The molecule has 5 nitrogen and oxygen atoms in total. The molecule has 0 saturated carbocycles. The van der Waals surface area contributed by atoms with Gasteiger partial charge in [-0.1, -0.05) is 65.8 Å². The Bertz CT molecular complexity index is 834. The Labute approximate surface area is 160 Å². The topological polar surface area (TPSA) is 45.4 Å². The summed E-state index contributed by atoms with van der Waals surface area (Å²) in [6.07, 6.45) is 2.43. The van der Waals surface area contributed by atoms with E-state index < -0.39 is 0 Å². The third kappa shape index (κ3) is 4.62. The van der Waals surface area contributed by atoms with E-state index in [2.05, 4.69) is 57.3 Å². The van der Waals surface area contributed by atoms with Crippen molar-refractivity contribution in [2.45, 2.75) is 32.0 Å². The van der Waals surface area contributed by atoms with E-state index in [4.69, 9.17) is 4.52 Å². The van der Waals surface area contributed by atoms with E-state index in [0.29, 0.717) is 17.8 Å². The van der Waals surface area contributed by atoms with Gasteiger partial charge >= 0.3 is 0 Å². The number of nitrogens with zero attached hydrogens (tertiary/aromatic N) is 4. The average Bonchev–Trinajstić information content (AvgIpc) is 3.18. The lowest BCUT2D eigenvalue weighted by Crippen LogP contribution is -2.45. The van der Waals surface area contributed by atoms with Crippen LogP contribution in [0.2, 0.25) is 0 Å². The molecule has 4 rings (SSSR count). The molecule has 2 aromatic carbocycles. The van der Waals surface area contributed by atoms with Gasteiger partial charge in [-0.2, -0.15) is 4.98 Å². The summed E-state index contributed by atoms with van der Waals surface area (Å²) in [6, 6.07) is 21.2. The molecule has 1 aromatic heterocycles. The van der Waals surface area contributed by atoms with Crippen LogP contribution in [0.25, 0.3) is 11.4 Å². The monoisotopic (exact) mass is 362 g/mol. The SMILES string of the molecule is CN(Cc1ccccc1)C1CCCN(Cc2nc(-c3ccccc3)no2)C1. The number of hydrogen-bond acceptors (Lipinski definition) is 5. The summed E-state index contributed by atoms with van der Waals surface area (Å²) < 4.78 is 5.50. The first-order chi connectivity index (χ1) is 13.3. The predicted molar refractivity (Wildman–Crippen MR) is 106 cm³/mol. The molecule has 0 spiro atoms. The molecule has 0 aliphatic carbocycles. The molecular formula is C22H26N4O. The second kappa shape index (κ2) is 8.46. The highest BCUT2D eigenvalue weighted by Gasteiger charge is 2.24. The average molecular weight is 362 g/mol. The molecule has 2 heterocycles. The van der Waals surface area contributed by atoms with Gasteiger partial charge in [-0.25, -0.2) is 0 Å². The quantitative estimate of drug-likeness (QED) is 0.667. The van der Waals surface area contributed by atoms with E-state index in [-0.39, 0.29) is 0 Å². The highest BCUT2D eigenvalue weighted by molar-refractivity contribution is 5.53. The fraction of sp³-hybridized carbons (Fsp3) is 0.364. The summed E-state index contributed by atoms with van der Waals surface area (Å²) in [5.41, 5.74) is 2.35. The molecule has 0 radical (unpaired) electrons. The fourth-order valence-corrected chi connectivity index (χ4v) is 3.75. The Hall–Kier alpha value is -2.50. The van der Waals surface area contributed by atoms with E-state index in [9.17, 15) is 0 Å². The second-order valence-corrected chi connectivity index (χ2v) is 7.31. The van der Waals surface area contributed by atoms with Crippen LogP contribution < -0.4 is 0 Å². The Morgan fingerprint density at radius 1 is 1.07 bits per heavy atom. The zero-order chi connectivity index (χ0) is 18.5. The van der Waals surface area contributed by atoms with Gasteiger partial charge in [-0.3, -0.25) is 9.80 Å². The molecule has 3 aromatic rings. The van der Waals surface area contributed by atoms with Crippen molar-refractivity contribution in [3.63, 3.8) is 0 Å². The smallest absolute Gasteiger partial charge is 0.241 e. The largest absolute Gasteiger partial charge is 0.338 e. The number of piperidine rings is 1. The van der Waals surface area contributed by atoms with Gasteiger partial charge in [0.15, 0.2) is 0 Å². The molecule has 140 valence electrons. The highest BCUT2D eigenvalue weighted by Crippen LogP contribution is 2.20. The van der Waals surface area contributed by atoms with Crippen molar-refractivity contribution in [1.82, 2.24) is 19.9 Å². The van der Waals surface area contributed by atoms with Crippen molar-refractivity contribution in [3.8, 4) is 11.4 Å². The molecule has 0 amide bonds. The summed E-state index contributed by atoms with van der Waals surface area (Å²) in [4.78, 5) is 9.47. The number of aromatic nitrogens is 2. The molecule has 1 fully saturated rings. The second-order valence-electron chi connectivity index (χ2n) is 7.31. The first-order valence-corrected chi connectivity index (χ1v) is 9.62. The van der Waals surface area contributed by atoms with Crippen LogP contribution in [0.4, 0.5) is 0 Å². The summed E-state index contributed by atoms with van der Waals surface area (Å²) in [5.74, 6) is 1.36. The molecular weight excluding hydrogens is 336 g/mol. The van der Waals surface area contributed by atoms with Gasteiger partial charge in [0.25, 0.3) is 0 Å². The molecule has 1 aliphatic heterocycles. The zero-order valence-corrected chi connectivity index (χ0v) is 15.8. The Morgan fingerprint density at radius 2 is 1.81 bits per heavy atom. The van der Waals surface area contributed by atoms with Crippen LogP contribution in [0.3, 0.4) is 0 Å². The molecule has 0 bridgehead atoms. The zero-order valence-electron chi connectivity index (χ0n) is 15.8. The van der Waals surface area contributed by atoms with E-state index in [1.165, 1.54) is 18.4 Å². The minimum absolute atomic E-state index is 0.551. The van der Waals surface area contributed by atoms with Crippen molar-refractivity contribution >= 4 is 0 Å². The van der Waals surface area contributed by atoms with Gasteiger partial charge in [-0.15, -0.1) is 0 Å². The summed E-state index contributed by atoms with van der Waals surface area (Å²) in [6.45, 7) is 3.82. The van der Waals surface area contributed by atoms with Crippen molar-refractivity contribution in [1.29, 1.82) is 0 Å². The third-order valence-corrected chi connectivity index (χ3v) is 5.24. The molecule has 27 heavy (non-hydrogen) atoms. The molecule has 1 aliphatic rings. The van der Waals surface area contributed by atoms with Gasteiger partial charge in [0.1, 0.15) is 0 Å². The lowest BCUT2D eigenvalue weighted by atomic mass is 10.0. The number of likely N-dealkylation sites (N-methyl/N-ethyl adjacent to an activating group) is 1. The predicted octanol–water partition coefficient (Wildman–Crippen LogP) is 3.83. The fourth-order valence-electron chi connectivity index (χ4n) is 3.75. The molecule has 1 unspecified atom stereocenters. The van der Waals surface area contributed by atoms with Crippen LogP contribution >= 0.6 is 0 Å². The minimum Gasteiger partial charge on any atom is -0.338 e. The Morgan fingerprint density at radius 3 is 2.59 bits per heavy atom. The maximum absolute atomic E-state index is 5.50. The van der Waals surface area contributed by atoms with Crippen LogP contribution in [0.5, 0.6) is 0 Å². The molecule has 1 saturated heterocycles. The van der Waals surface area contributed by atoms with Crippen molar-refractivity contribution < 1.29 is 4.52 Å². The van der Waals surface area contributed by atoms with Gasteiger partial charge in [0, 0.05) is 24.7 Å². The minimum atomic E-state index is 0.551. The Kier molecular flexibility index (Phi) is 5.61. The lowest BCUT2D eigenvalue weighted by Gasteiger charge is -2.37. The first kappa shape index (κ1) is 17.9. The van der Waals surface area contributed by atoms with Crippen LogP contribution in [0.1, 0.15) is 24.3 Å². The van der Waals surface area contributed by atoms with Crippen molar-refractivity contribution in [3.05, 3.63) is 72.1 Å². The molecule has 1 atom stereocenters.